The van der Waals surface area contributed by atoms with Gasteiger partial charge in [-0.25, -0.2) is 18.2 Å². The summed E-state index contributed by atoms with van der Waals surface area (Å²) in [6.07, 6.45) is 3.68. The molecule has 0 bridgehead atoms. The SMILES string of the molecule is CCCNc1cncc(-c2cc(F)c(F)cc2F)n1. The van der Waals surface area contributed by atoms with Crippen molar-refractivity contribution in [1.29, 1.82) is 0 Å². The zero-order valence-electron chi connectivity index (χ0n) is 10.3. The number of rotatable bonds is 4. The molecule has 1 N–H and O–H groups in total. The van der Waals surface area contributed by atoms with Crippen molar-refractivity contribution >= 4 is 5.82 Å². The van der Waals surface area contributed by atoms with Crippen LogP contribution in [0.15, 0.2) is 24.5 Å². The fraction of sp³-hybridized carbons (Fsp3) is 0.231. The summed E-state index contributed by atoms with van der Waals surface area (Å²) >= 11 is 0. The monoisotopic (exact) mass is 267 g/mol. The first-order valence-electron chi connectivity index (χ1n) is 5.82. The van der Waals surface area contributed by atoms with Crippen molar-refractivity contribution in [3.8, 4) is 11.3 Å². The van der Waals surface area contributed by atoms with E-state index < -0.39 is 17.5 Å². The highest BCUT2D eigenvalue weighted by molar-refractivity contribution is 5.60. The Morgan fingerprint density at radius 2 is 1.79 bits per heavy atom. The molecule has 1 heterocycles. The van der Waals surface area contributed by atoms with Crippen LogP contribution >= 0.6 is 0 Å². The Hall–Kier alpha value is -2.11. The minimum Gasteiger partial charge on any atom is -0.369 e. The Morgan fingerprint density at radius 3 is 2.53 bits per heavy atom. The summed E-state index contributed by atoms with van der Waals surface area (Å²) in [5.74, 6) is -2.76. The van der Waals surface area contributed by atoms with Crippen LogP contribution in [0.2, 0.25) is 0 Å². The lowest BCUT2D eigenvalue weighted by Crippen LogP contribution is -2.03. The number of aromatic nitrogens is 2. The molecule has 0 aliphatic carbocycles. The van der Waals surface area contributed by atoms with E-state index in [-0.39, 0.29) is 11.3 Å². The molecule has 0 saturated heterocycles. The molecule has 0 unspecified atom stereocenters. The van der Waals surface area contributed by atoms with Gasteiger partial charge in [0.05, 0.1) is 18.1 Å². The maximum Gasteiger partial charge on any atom is 0.161 e. The molecule has 3 nitrogen and oxygen atoms in total. The number of benzene rings is 1. The van der Waals surface area contributed by atoms with Crippen LogP contribution in [0.1, 0.15) is 13.3 Å². The van der Waals surface area contributed by atoms with Gasteiger partial charge in [-0.3, -0.25) is 4.98 Å². The molecule has 2 aromatic rings. The Balaban J connectivity index is 2.38. The Bertz CT molecular complexity index is 587. The number of hydrogen-bond donors (Lipinski definition) is 1. The van der Waals surface area contributed by atoms with Gasteiger partial charge in [0, 0.05) is 18.2 Å². The smallest absolute Gasteiger partial charge is 0.161 e. The van der Waals surface area contributed by atoms with Crippen molar-refractivity contribution in [2.24, 2.45) is 0 Å². The van der Waals surface area contributed by atoms with E-state index in [1.165, 1.54) is 12.4 Å². The third kappa shape index (κ3) is 3.01. The topological polar surface area (TPSA) is 37.8 Å². The van der Waals surface area contributed by atoms with Crippen molar-refractivity contribution in [2.45, 2.75) is 13.3 Å². The molecule has 6 heteroatoms. The first-order chi connectivity index (χ1) is 9.11. The quantitative estimate of drug-likeness (QED) is 0.863. The molecule has 0 aliphatic rings. The summed E-state index contributed by atoms with van der Waals surface area (Å²) in [5, 5.41) is 2.99. The molecule has 0 aliphatic heterocycles. The van der Waals surface area contributed by atoms with Crippen LogP contribution in [0.25, 0.3) is 11.3 Å². The van der Waals surface area contributed by atoms with E-state index in [4.69, 9.17) is 0 Å². The van der Waals surface area contributed by atoms with E-state index >= 15 is 0 Å². The highest BCUT2D eigenvalue weighted by Crippen LogP contribution is 2.23. The maximum atomic E-state index is 13.6. The summed E-state index contributed by atoms with van der Waals surface area (Å²) in [6, 6.07) is 1.27. The van der Waals surface area contributed by atoms with Crippen LogP contribution < -0.4 is 5.32 Å². The first-order valence-corrected chi connectivity index (χ1v) is 5.82. The third-order valence-corrected chi connectivity index (χ3v) is 2.48. The second-order valence-electron chi connectivity index (χ2n) is 3.96. The molecule has 0 fully saturated rings. The van der Waals surface area contributed by atoms with Gasteiger partial charge >= 0.3 is 0 Å². The van der Waals surface area contributed by atoms with Gasteiger partial charge in [-0.15, -0.1) is 0 Å². The van der Waals surface area contributed by atoms with Crippen LogP contribution in [0.5, 0.6) is 0 Å². The lowest BCUT2D eigenvalue weighted by molar-refractivity contribution is 0.496. The highest BCUT2D eigenvalue weighted by atomic mass is 19.2. The fourth-order valence-electron chi connectivity index (χ4n) is 1.55. The highest BCUT2D eigenvalue weighted by Gasteiger charge is 2.13. The van der Waals surface area contributed by atoms with Crippen LogP contribution in [0.4, 0.5) is 19.0 Å². The molecule has 1 aromatic heterocycles. The van der Waals surface area contributed by atoms with Crippen LogP contribution in [0, 0.1) is 17.5 Å². The molecular weight excluding hydrogens is 255 g/mol. The average Bonchev–Trinajstić information content (AvgIpc) is 2.41. The molecule has 0 radical (unpaired) electrons. The van der Waals surface area contributed by atoms with Crippen molar-refractivity contribution in [2.75, 3.05) is 11.9 Å². The summed E-state index contributed by atoms with van der Waals surface area (Å²) in [7, 11) is 0. The van der Waals surface area contributed by atoms with E-state index in [1.807, 2.05) is 6.92 Å². The van der Waals surface area contributed by atoms with E-state index in [1.54, 1.807) is 0 Å². The van der Waals surface area contributed by atoms with Crippen molar-refractivity contribution in [1.82, 2.24) is 9.97 Å². The lowest BCUT2D eigenvalue weighted by atomic mass is 10.1. The largest absolute Gasteiger partial charge is 0.369 e. The fourth-order valence-corrected chi connectivity index (χ4v) is 1.55. The second kappa shape index (κ2) is 5.69. The lowest BCUT2D eigenvalue weighted by Gasteiger charge is -2.07. The summed E-state index contributed by atoms with van der Waals surface area (Å²) in [6.45, 7) is 2.68. The minimum absolute atomic E-state index is 0.119. The number of anilines is 1. The van der Waals surface area contributed by atoms with Gasteiger partial charge < -0.3 is 5.32 Å². The van der Waals surface area contributed by atoms with Gasteiger partial charge in [0.1, 0.15) is 11.6 Å². The Morgan fingerprint density at radius 1 is 1.05 bits per heavy atom. The molecule has 0 amide bonds. The third-order valence-electron chi connectivity index (χ3n) is 2.48. The molecule has 100 valence electrons. The number of hydrogen-bond acceptors (Lipinski definition) is 3. The molecule has 0 spiro atoms. The van der Waals surface area contributed by atoms with Gasteiger partial charge in [0.2, 0.25) is 0 Å². The molecule has 0 saturated carbocycles. The average molecular weight is 267 g/mol. The van der Waals surface area contributed by atoms with Crippen molar-refractivity contribution in [3.05, 3.63) is 42.0 Å². The molecule has 19 heavy (non-hydrogen) atoms. The Kier molecular flexibility index (Phi) is 3.99. The first kappa shape index (κ1) is 13.3. The molecule has 0 atom stereocenters. The van der Waals surface area contributed by atoms with E-state index in [0.29, 0.717) is 18.4 Å². The van der Waals surface area contributed by atoms with Gasteiger partial charge in [0.25, 0.3) is 0 Å². The van der Waals surface area contributed by atoms with Gasteiger partial charge in [-0.05, 0) is 12.5 Å². The van der Waals surface area contributed by atoms with Crippen LogP contribution in [-0.2, 0) is 0 Å². The summed E-state index contributed by atoms with van der Waals surface area (Å²) < 4.78 is 39.6. The van der Waals surface area contributed by atoms with Crippen LogP contribution in [0.3, 0.4) is 0 Å². The minimum atomic E-state index is -1.23. The zero-order chi connectivity index (χ0) is 13.8. The molecular formula is C13H12F3N3. The summed E-state index contributed by atoms with van der Waals surface area (Å²) in [4.78, 5) is 8.01. The summed E-state index contributed by atoms with van der Waals surface area (Å²) in [5.41, 5.74) is 0.0315. The number of halogens is 3. The van der Waals surface area contributed by atoms with Gasteiger partial charge in [-0.1, -0.05) is 6.92 Å². The number of nitrogens with one attached hydrogen (secondary N) is 1. The predicted molar refractivity (Wildman–Crippen MR) is 66.1 cm³/mol. The maximum absolute atomic E-state index is 13.6. The zero-order valence-corrected chi connectivity index (χ0v) is 10.3. The van der Waals surface area contributed by atoms with E-state index in [2.05, 4.69) is 15.3 Å². The predicted octanol–water partition coefficient (Wildman–Crippen LogP) is 3.38. The van der Waals surface area contributed by atoms with Crippen LogP contribution in [-0.4, -0.2) is 16.5 Å². The molecule has 2 rings (SSSR count). The number of nitrogens with zero attached hydrogens (tertiary/aromatic N) is 2. The van der Waals surface area contributed by atoms with E-state index in [9.17, 15) is 13.2 Å². The van der Waals surface area contributed by atoms with Gasteiger partial charge in [-0.2, -0.15) is 0 Å². The normalized spacial score (nSPS) is 10.5. The van der Waals surface area contributed by atoms with E-state index in [0.717, 1.165) is 12.5 Å². The van der Waals surface area contributed by atoms with Gasteiger partial charge in [0.15, 0.2) is 11.6 Å². The van der Waals surface area contributed by atoms with Crippen molar-refractivity contribution < 1.29 is 13.2 Å². The second-order valence-corrected chi connectivity index (χ2v) is 3.96. The Labute approximate surface area is 108 Å². The molecule has 1 aromatic carbocycles. The standard InChI is InChI=1S/C13H12F3N3/c1-2-3-18-13-7-17-6-12(19-13)8-4-10(15)11(16)5-9(8)14/h4-7H,2-3H2,1H3,(H,18,19). The van der Waals surface area contributed by atoms with Crippen molar-refractivity contribution in [3.63, 3.8) is 0 Å².